The van der Waals surface area contributed by atoms with Crippen LogP contribution in [0.3, 0.4) is 0 Å². The topological polar surface area (TPSA) is 80.3 Å². The van der Waals surface area contributed by atoms with E-state index in [1.807, 2.05) is 0 Å². The molecule has 0 spiro atoms. The minimum absolute atomic E-state index is 0.0216. The van der Waals surface area contributed by atoms with E-state index in [-0.39, 0.29) is 64.5 Å². The van der Waals surface area contributed by atoms with Gasteiger partial charge < -0.3 is 23.1 Å². The molecule has 1 aromatic carbocycles. The Labute approximate surface area is 309 Å². The number of cyclic esters (lactones) is 1. The van der Waals surface area contributed by atoms with Crippen molar-refractivity contribution < 1.29 is 37.0 Å². The first-order chi connectivity index (χ1) is 23.4. The number of carbonyl (C=O) groups is 2. The normalized spacial score (nSPS) is 27.8. The minimum Gasteiger partial charge on any atom is -0.462 e. The zero-order valence-electron chi connectivity index (χ0n) is 33.6. The molecule has 1 heterocycles. The third kappa shape index (κ3) is 10.5. The lowest BCUT2D eigenvalue weighted by Crippen LogP contribution is -2.50. The number of ether oxygens (including phenoxy) is 3. The molecule has 3 aliphatic rings. The molecule has 51 heavy (non-hydrogen) atoms. The van der Waals surface area contributed by atoms with Gasteiger partial charge in [-0.1, -0.05) is 78.8 Å². The van der Waals surface area contributed by atoms with Gasteiger partial charge in [-0.3, -0.25) is 4.79 Å². The van der Waals surface area contributed by atoms with Crippen LogP contribution < -0.4 is 0 Å². The maximum absolute atomic E-state index is 13.9. The fraction of sp³-hybridized carbons (Fsp3) is 0.707. The highest BCUT2D eigenvalue weighted by molar-refractivity contribution is 6.74. The Hall–Kier alpha value is -2.12. The van der Waals surface area contributed by atoms with Crippen LogP contribution in [-0.4, -0.2) is 58.6 Å². The van der Waals surface area contributed by atoms with E-state index in [0.717, 1.165) is 17.6 Å². The van der Waals surface area contributed by atoms with Crippen molar-refractivity contribution in [3.05, 3.63) is 59.4 Å². The van der Waals surface area contributed by atoms with Gasteiger partial charge in [-0.15, -0.1) is 0 Å². The van der Waals surface area contributed by atoms with Crippen LogP contribution in [0, 0.1) is 23.6 Å². The first-order valence-corrected chi connectivity index (χ1v) is 24.7. The number of fused-ring (bicyclic) bond motifs is 1. The molecule has 0 N–H and O–H groups in total. The quantitative estimate of drug-likeness (QED) is 0.156. The van der Waals surface area contributed by atoms with Gasteiger partial charge in [0, 0.05) is 18.8 Å². The highest BCUT2D eigenvalue weighted by Crippen LogP contribution is 2.47. The first-order valence-electron chi connectivity index (χ1n) is 18.9. The van der Waals surface area contributed by atoms with Gasteiger partial charge in [0.2, 0.25) is 0 Å². The van der Waals surface area contributed by atoms with Crippen molar-refractivity contribution in [1.29, 1.82) is 0 Å². The summed E-state index contributed by atoms with van der Waals surface area (Å²) >= 11 is 0. The van der Waals surface area contributed by atoms with E-state index in [9.17, 15) is 14.0 Å². The third-order valence-electron chi connectivity index (χ3n) is 12.2. The average molecular weight is 745 g/mol. The molecule has 0 bridgehead atoms. The summed E-state index contributed by atoms with van der Waals surface area (Å²) in [5.41, 5.74) is 0.678. The van der Waals surface area contributed by atoms with Crippen molar-refractivity contribution in [2.24, 2.45) is 17.8 Å². The van der Waals surface area contributed by atoms with Crippen LogP contribution in [0.2, 0.25) is 36.3 Å². The number of halogens is 1. The van der Waals surface area contributed by atoms with Crippen LogP contribution in [0.15, 0.2) is 48.1 Å². The Balaban J connectivity index is 1.55. The SMILES string of the molecule is C[C@H]1C=CC2=C[C@@H](O[Si](C)(C)C(C)(C)C)C[C@H](OC(=O)C(C)(C)OCc3ccc(F)cc3)[C@@H]2[C@H]1CC[C@@H]1C[C@@H](O[Si](C)(C)C(C)(C)C)CC(=O)O1. The molecule has 2 aliphatic carbocycles. The Bertz CT molecular complexity index is 1440. The van der Waals surface area contributed by atoms with E-state index in [1.165, 1.54) is 12.1 Å². The lowest BCUT2D eigenvalue weighted by Gasteiger charge is -2.46. The van der Waals surface area contributed by atoms with Crippen molar-refractivity contribution in [2.45, 2.75) is 167 Å². The zero-order chi connectivity index (χ0) is 38.2. The predicted molar refractivity (Wildman–Crippen MR) is 206 cm³/mol. The fourth-order valence-corrected chi connectivity index (χ4v) is 9.51. The van der Waals surface area contributed by atoms with Crippen molar-refractivity contribution in [2.75, 3.05) is 0 Å². The summed E-state index contributed by atoms with van der Waals surface area (Å²) in [5.74, 6) is -0.595. The van der Waals surface area contributed by atoms with E-state index < -0.39 is 34.3 Å². The lowest BCUT2D eigenvalue weighted by atomic mass is 9.66. The Morgan fingerprint density at radius 1 is 0.902 bits per heavy atom. The number of hydrogen-bond acceptors (Lipinski definition) is 7. The summed E-state index contributed by atoms with van der Waals surface area (Å²) in [6.45, 7) is 28.1. The third-order valence-corrected chi connectivity index (χ3v) is 21.2. The number of hydrogen-bond donors (Lipinski definition) is 0. The number of allylic oxidation sites excluding steroid dienone is 2. The van der Waals surface area contributed by atoms with E-state index in [2.05, 4.69) is 92.9 Å². The summed E-state index contributed by atoms with van der Waals surface area (Å²) in [7, 11) is -4.19. The van der Waals surface area contributed by atoms with Gasteiger partial charge in [0.1, 0.15) is 18.0 Å². The molecular weight excluding hydrogens is 680 g/mol. The average Bonchev–Trinajstić information content (AvgIpc) is 2.98. The Kier molecular flexibility index (Phi) is 12.8. The standard InChI is InChI=1S/C41H65FO7Si2/c1-27-14-17-29-22-32(48-50(10,11)39(2,3)4)24-35(47-38(44)41(8,9)45-26-28-15-18-30(42)19-16-28)37(29)34(27)21-20-31-23-33(25-36(43)46-31)49-51(12,13)40(5,6)7/h14-19,22,27,31-35,37H,20-21,23-26H2,1-13H3/t27-,31+,32+,33+,34-,35-,37-/m0/s1. The van der Waals surface area contributed by atoms with Crippen molar-refractivity contribution in [3.8, 4) is 0 Å². The molecule has 0 amide bonds. The molecule has 1 aliphatic heterocycles. The number of rotatable bonds is 12. The van der Waals surface area contributed by atoms with Crippen molar-refractivity contribution >= 4 is 28.6 Å². The molecule has 0 unspecified atom stereocenters. The maximum atomic E-state index is 13.9. The Morgan fingerprint density at radius 2 is 1.51 bits per heavy atom. The van der Waals surface area contributed by atoms with Gasteiger partial charge in [-0.05, 0) is 98.1 Å². The molecular formula is C41H65FO7Si2. The van der Waals surface area contributed by atoms with Crippen LogP contribution in [0.25, 0.3) is 0 Å². The summed E-state index contributed by atoms with van der Waals surface area (Å²) in [4.78, 5) is 26.7. The van der Waals surface area contributed by atoms with E-state index in [0.29, 0.717) is 25.7 Å². The van der Waals surface area contributed by atoms with Gasteiger partial charge in [-0.2, -0.15) is 0 Å². The van der Waals surface area contributed by atoms with Crippen molar-refractivity contribution in [3.63, 3.8) is 0 Å². The summed E-state index contributed by atoms with van der Waals surface area (Å²) in [6.07, 6.45) is 8.80. The molecule has 10 heteroatoms. The molecule has 7 atom stereocenters. The molecule has 1 aromatic rings. The summed E-state index contributed by atoms with van der Waals surface area (Å²) < 4.78 is 45.6. The van der Waals surface area contributed by atoms with Gasteiger partial charge >= 0.3 is 11.9 Å². The van der Waals surface area contributed by atoms with Gasteiger partial charge in [0.15, 0.2) is 22.2 Å². The molecule has 4 rings (SSSR count). The smallest absolute Gasteiger partial charge is 0.338 e. The molecule has 7 nitrogen and oxygen atoms in total. The highest BCUT2D eigenvalue weighted by atomic mass is 28.4. The molecule has 0 radical (unpaired) electrons. The van der Waals surface area contributed by atoms with Gasteiger partial charge in [-0.25, -0.2) is 9.18 Å². The molecule has 0 aromatic heterocycles. The van der Waals surface area contributed by atoms with Crippen LogP contribution >= 0.6 is 0 Å². The predicted octanol–water partition coefficient (Wildman–Crippen LogP) is 10.1. The maximum Gasteiger partial charge on any atom is 0.338 e. The lowest BCUT2D eigenvalue weighted by molar-refractivity contribution is -0.180. The largest absolute Gasteiger partial charge is 0.462 e. The molecule has 0 saturated carbocycles. The van der Waals surface area contributed by atoms with Crippen molar-refractivity contribution in [1.82, 2.24) is 0 Å². The van der Waals surface area contributed by atoms with E-state index >= 15 is 0 Å². The second kappa shape index (κ2) is 15.7. The number of esters is 2. The van der Waals surface area contributed by atoms with Crippen LogP contribution in [0.4, 0.5) is 4.39 Å². The Morgan fingerprint density at radius 3 is 2.12 bits per heavy atom. The van der Waals surface area contributed by atoms with E-state index in [1.54, 1.807) is 26.0 Å². The van der Waals surface area contributed by atoms with E-state index in [4.69, 9.17) is 23.1 Å². The summed E-state index contributed by atoms with van der Waals surface area (Å²) in [6, 6.07) is 6.08. The fourth-order valence-electron chi connectivity index (χ4n) is 6.87. The second-order valence-corrected chi connectivity index (χ2v) is 28.2. The monoisotopic (exact) mass is 744 g/mol. The van der Waals surface area contributed by atoms with Gasteiger partial charge in [0.25, 0.3) is 0 Å². The van der Waals surface area contributed by atoms with Crippen LogP contribution in [0.1, 0.15) is 100.0 Å². The second-order valence-electron chi connectivity index (χ2n) is 18.7. The van der Waals surface area contributed by atoms with Crippen LogP contribution in [-0.2, 0) is 39.3 Å². The molecule has 1 saturated heterocycles. The molecule has 286 valence electrons. The first kappa shape index (κ1) is 41.6. The number of carbonyl (C=O) groups excluding carboxylic acids is 2. The summed E-state index contributed by atoms with van der Waals surface area (Å²) in [5, 5.41) is 0.0738. The molecule has 1 fully saturated rings. The highest BCUT2D eigenvalue weighted by Gasteiger charge is 2.47. The van der Waals surface area contributed by atoms with Crippen LogP contribution in [0.5, 0.6) is 0 Å². The number of benzene rings is 1. The zero-order valence-corrected chi connectivity index (χ0v) is 35.6. The minimum atomic E-state index is -2.14. The van der Waals surface area contributed by atoms with Gasteiger partial charge in [0.05, 0.1) is 25.2 Å².